The van der Waals surface area contributed by atoms with Crippen LogP contribution in [0.15, 0.2) is 36.4 Å². The first-order chi connectivity index (χ1) is 9.49. The van der Waals surface area contributed by atoms with Crippen molar-refractivity contribution < 1.29 is 18.3 Å². The van der Waals surface area contributed by atoms with Gasteiger partial charge in [-0.3, -0.25) is 0 Å². The van der Waals surface area contributed by atoms with Crippen LogP contribution >= 0.6 is 0 Å². The lowest BCUT2D eigenvalue weighted by Crippen LogP contribution is -2.08. The third-order valence-corrected chi connectivity index (χ3v) is 2.95. The molecular weight excluding hydrogens is 264 g/mol. The molecule has 0 saturated heterocycles. The number of hydrogen-bond donors (Lipinski definition) is 1. The molecule has 0 aromatic heterocycles. The molecule has 0 radical (unpaired) electrons. The van der Waals surface area contributed by atoms with E-state index in [0.717, 1.165) is 12.1 Å². The lowest BCUT2D eigenvalue weighted by atomic mass is 10.1. The van der Waals surface area contributed by atoms with Crippen LogP contribution < -0.4 is 5.73 Å². The van der Waals surface area contributed by atoms with Crippen molar-refractivity contribution in [3.63, 3.8) is 0 Å². The number of ether oxygens (including phenoxy) is 1. The maximum absolute atomic E-state index is 13.0. The SMILES string of the molecule is Cc1c(N)cccc1C(=O)OCc1ccc(F)c(F)c1. The number of halogens is 2. The Hall–Kier alpha value is -2.43. The molecule has 2 N–H and O–H groups in total. The van der Waals surface area contributed by atoms with Gasteiger partial charge in [-0.2, -0.15) is 0 Å². The molecule has 0 atom stereocenters. The van der Waals surface area contributed by atoms with E-state index in [2.05, 4.69) is 0 Å². The van der Waals surface area contributed by atoms with Crippen LogP contribution in [-0.2, 0) is 11.3 Å². The standard InChI is InChI=1S/C15H13F2NO2/c1-9-11(3-2-4-14(9)18)15(19)20-8-10-5-6-12(16)13(17)7-10/h2-7H,8,18H2,1H3. The third kappa shape index (κ3) is 2.93. The van der Waals surface area contributed by atoms with Crippen molar-refractivity contribution in [1.82, 2.24) is 0 Å². The summed E-state index contributed by atoms with van der Waals surface area (Å²) >= 11 is 0. The molecule has 20 heavy (non-hydrogen) atoms. The molecule has 0 fully saturated rings. The second kappa shape index (κ2) is 5.69. The van der Waals surface area contributed by atoms with E-state index >= 15 is 0 Å². The number of esters is 1. The van der Waals surface area contributed by atoms with Crippen LogP contribution in [-0.4, -0.2) is 5.97 Å². The maximum atomic E-state index is 13.0. The van der Waals surface area contributed by atoms with Crippen molar-refractivity contribution in [2.45, 2.75) is 13.5 Å². The van der Waals surface area contributed by atoms with Crippen molar-refractivity contribution in [2.24, 2.45) is 0 Å². The summed E-state index contributed by atoms with van der Waals surface area (Å²) in [4.78, 5) is 11.9. The highest BCUT2D eigenvalue weighted by molar-refractivity contribution is 5.92. The summed E-state index contributed by atoms with van der Waals surface area (Å²) in [5, 5.41) is 0. The molecule has 0 bridgehead atoms. The summed E-state index contributed by atoms with van der Waals surface area (Å²) in [5.41, 5.74) is 7.55. The largest absolute Gasteiger partial charge is 0.457 e. The van der Waals surface area contributed by atoms with Crippen molar-refractivity contribution in [3.8, 4) is 0 Å². The number of nitrogen functional groups attached to an aromatic ring is 1. The molecular formula is C15H13F2NO2. The van der Waals surface area contributed by atoms with E-state index in [1.807, 2.05) is 0 Å². The van der Waals surface area contributed by atoms with Crippen LogP contribution in [0.25, 0.3) is 0 Å². The van der Waals surface area contributed by atoms with E-state index in [1.165, 1.54) is 6.07 Å². The van der Waals surface area contributed by atoms with Gasteiger partial charge in [0.25, 0.3) is 0 Å². The first-order valence-electron chi connectivity index (χ1n) is 5.95. The van der Waals surface area contributed by atoms with Gasteiger partial charge in [0.1, 0.15) is 6.61 Å². The lowest BCUT2D eigenvalue weighted by Gasteiger charge is -2.09. The highest BCUT2D eigenvalue weighted by atomic mass is 19.2. The predicted molar refractivity (Wildman–Crippen MR) is 71.1 cm³/mol. The molecule has 3 nitrogen and oxygen atoms in total. The second-order valence-corrected chi connectivity index (χ2v) is 4.34. The zero-order valence-electron chi connectivity index (χ0n) is 10.8. The van der Waals surface area contributed by atoms with Gasteiger partial charge in [-0.05, 0) is 42.3 Å². The fourth-order valence-corrected chi connectivity index (χ4v) is 1.73. The molecule has 0 amide bonds. The Morgan fingerprint density at radius 1 is 1.20 bits per heavy atom. The number of carbonyl (C=O) groups excluding carboxylic acids is 1. The Morgan fingerprint density at radius 3 is 2.65 bits per heavy atom. The summed E-state index contributed by atoms with van der Waals surface area (Å²) in [6.07, 6.45) is 0. The molecule has 0 aliphatic heterocycles. The van der Waals surface area contributed by atoms with Gasteiger partial charge in [0.15, 0.2) is 11.6 Å². The quantitative estimate of drug-likeness (QED) is 0.692. The summed E-state index contributed by atoms with van der Waals surface area (Å²) in [6.45, 7) is 1.58. The average Bonchev–Trinajstić information content (AvgIpc) is 2.43. The van der Waals surface area contributed by atoms with Crippen molar-refractivity contribution in [1.29, 1.82) is 0 Å². The average molecular weight is 277 g/mol. The number of anilines is 1. The minimum absolute atomic E-state index is 0.135. The summed E-state index contributed by atoms with van der Waals surface area (Å²) in [5.74, 6) is -2.47. The molecule has 0 unspecified atom stereocenters. The second-order valence-electron chi connectivity index (χ2n) is 4.34. The van der Waals surface area contributed by atoms with Gasteiger partial charge in [-0.1, -0.05) is 12.1 Å². The van der Waals surface area contributed by atoms with Gasteiger partial charge in [-0.25, -0.2) is 13.6 Å². The zero-order chi connectivity index (χ0) is 14.7. The van der Waals surface area contributed by atoms with Crippen molar-refractivity contribution in [2.75, 3.05) is 5.73 Å². The van der Waals surface area contributed by atoms with Crippen molar-refractivity contribution in [3.05, 3.63) is 64.7 Å². The summed E-state index contributed by atoms with van der Waals surface area (Å²) in [6, 6.07) is 8.27. The van der Waals surface area contributed by atoms with E-state index < -0.39 is 17.6 Å². The number of hydrogen-bond acceptors (Lipinski definition) is 3. The number of carbonyl (C=O) groups is 1. The highest BCUT2D eigenvalue weighted by Gasteiger charge is 2.12. The molecule has 0 aliphatic carbocycles. The molecule has 0 heterocycles. The van der Waals surface area contributed by atoms with Crippen LogP contribution in [0.5, 0.6) is 0 Å². The Bertz CT molecular complexity index is 656. The fourth-order valence-electron chi connectivity index (χ4n) is 1.73. The Kier molecular flexibility index (Phi) is 3.98. The van der Waals surface area contributed by atoms with E-state index in [1.54, 1.807) is 25.1 Å². The molecule has 2 rings (SSSR count). The maximum Gasteiger partial charge on any atom is 0.338 e. The lowest BCUT2D eigenvalue weighted by molar-refractivity contribution is 0.0471. The van der Waals surface area contributed by atoms with Crippen LogP contribution in [0.4, 0.5) is 14.5 Å². The normalized spacial score (nSPS) is 10.3. The number of benzene rings is 2. The van der Waals surface area contributed by atoms with Crippen molar-refractivity contribution >= 4 is 11.7 Å². The fraction of sp³-hybridized carbons (Fsp3) is 0.133. The van der Waals surface area contributed by atoms with Gasteiger partial charge >= 0.3 is 5.97 Å². The van der Waals surface area contributed by atoms with Gasteiger partial charge in [0.05, 0.1) is 5.56 Å². The van der Waals surface area contributed by atoms with E-state index in [4.69, 9.17) is 10.5 Å². The summed E-state index contributed by atoms with van der Waals surface area (Å²) in [7, 11) is 0. The van der Waals surface area contributed by atoms with Gasteiger partial charge in [0, 0.05) is 5.69 Å². The topological polar surface area (TPSA) is 52.3 Å². The molecule has 2 aromatic carbocycles. The monoisotopic (exact) mass is 277 g/mol. The van der Waals surface area contributed by atoms with Crippen LogP contribution in [0.1, 0.15) is 21.5 Å². The predicted octanol–water partition coefficient (Wildman–Crippen LogP) is 3.21. The Morgan fingerprint density at radius 2 is 1.95 bits per heavy atom. The Balaban J connectivity index is 2.08. The molecule has 0 saturated carbocycles. The van der Waals surface area contributed by atoms with E-state index in [9.17, 15) is 13.6 Å². The zero-order valence-corrected chi connectivity index (χ0v) is 10.8. The molecule has 0 spiro atoms. The first-order valence-corrected chi connectivity index (χ1v) is 5.95. The molecule has 2 aromatic rings. The minimum atomic E-state index is -0.973. The minimum Gasteiger partial charge on any atom is -0.457 e. The molecule has 5 heteroatoms. The summed E-state index contributed by atoms with van der Waals surface area (Å²) < 4.78 is 30.8. The van der Waals surface area contributed by atoms with Gasteiger partial charge in [0.2, 0.25) is 0 Å². The number of nitrogens with two attached hydrogens (primary N) is 1. The van der Waals surface area contributed by atoms with Crippen LogP contribution in [0, 0.1) is 18.6 Å². The number of rotatable bonds is 3. The molecule has 104 valence electrons. The molecule has 0 aliphatic rings. The van der Waals surface area contributed by atoms with E-state index in [-0.39, 0.29) is 6.61 Å². The van der Waals surface area contributed by atoms with Gasteiger partial charge in [-0.15, -0.1) is 0 Å². The van der Waals surface area contributed by atoms with E-state index in [0.29, 0.717) is 22.4 Å². The van der Waals surface area contributed by atoms with Gasteiger partial charge < -0.3 is 10.5 Å². The third-order valence-electron chi connectivity index (χ3n) is 2.95. The van der Waals surface area contributed by atoms with Crippen LogP contribution in [0.3, 0.4) is 0 Å². The first kappa shape index (κ1) is 14.0. The van der Waals surface area contributed by atoms with Crippen LogP contribution in [0.2, 0.25) is 0 Å². The Labute approximate surface area is 115 Å². The highest BCUT2D eigenvalue weighted by Crippen LogP contribution is 2.17. The smallest absolute Gasteiger partial charge is 0.338 e.